The number of nitrogens with zero attached hydrogens (tertiary/aromatic N) is 2. The molecule has 0 atom stereocenters. The highest BCUT2D eigenvalue weighted by atomic mass is 32.2. The van der Waals surface area contributed by atoms with Gasteiger partial charge in [-0.05, 0) is 41.1 Å². The van der Waals surface area contributed by atoms with Gasteiger partial charge in [0.1, 0.15) is 4.32 Å². The Hall–Kier alpha value is -2.63. The topological polar surface area (TPSA) is 25.2 Å². The molecule has 3 aromatic rings. The first-order valence-electron chi connectivity index (χ1n) is 8.20. The number of fused-ring (bicyclic) bond motifs is 1. The summed E-state index contributed by atoms with van der Waals surface area (Å²) in [4.78, 5) is 14.8. The predicted octanol–water partition coefficient (Wildman–Crippen LogP) is 5.02. The number of carbonyl (C=O) groups excluding carboxylic acids is 1. The molecule has 128 valence electrons. The molecule has 1 amide bonds. The normalized spacial score (nSPS) is 16.0. The summed E-state index contributed by atoms with van der Waals surface area (Å²) in [5.74, 6) is -0.0637. The average Bonchev–Trinajstić information content (AvgIpc) is 3.22. The molecule has 0 radical (unpaired) electrons. The fourth-order valence-corrected chi connectivity index (χ4v) is 4.25. The smallest absolute Gasteiger partial charge is 0.266 e. The molecule has 0 N–H and O–H groups in total. The van der Waals surface area contributed by atoms with Crippen molar-refractivity contribution in [1.29, 1.82) is 0 Å². The van der Waals surface area contributed by atoms with Crippen molar-refractivity contribution < 1.29 is 4.79 Å². The Morgan fingerprint density at radius 1 is 1.08 bits per heavy atom. The van der Waals surface area contributed by atoms with Crippen molar-refractivity contribution in [3.8, 4) is 5.69 Å². The molecule has 0 saturated carbocycles. The number of hydrogen-bond donors (Lipinski definition) is 0. The van der Waals surface area contributed by atoms with Crippen LogP contribution in [-0.4, -0.2) is 26.2 Å². The third kappa shape index (κ3) is 3.00. The van der Waals surface area contributed by atoms with Gasteiger partial charge in [0.15, 0.2) is 0 Å². The third-order valence-corrected chi connectivity index (χ3v) is 5.63. The fraction of sp³-hybridized carbons (Fsp3) is 0.0476. The van der Waals surface area contributed by atoms with E-state index in [0.29, 0.717) is 15.8 Å². The molecule has 2 heterocycles. The quantitative estimate of drug-likeness (QED) is 0.363. The van der Waals surface area contributed by atoms with Crippen LogP contribution in [0.15, 0.2) is 78.4 Å². The van der Waals surface area contributed by atoms with Gasteiger partial charge in [0.05, 0.1) is 4.91 Å². The van der Waals surface area contributed by atoms with Gasteiger partial charge in [-0.1, -0.05) is 60.4 Å². The van der Waals surface area contributed by atoms with Crippen molar-refractivity contribution in [1.82, 2.24) is 9.47 Å². The number of rotatable bonds is 4. The van der Waals surface area contributed by atoms with Gasteiger partial charge in [-0.25, -0.2) is 0 Å². The van der Waals surface area contributed by atoms with E-state index in [1.54, 1.807) is 11.0 Å². The van der Waals surface area contributed by atoms with Crippen molar-refractivity contribution in [2.24, 2.45) is 0 Å². The summed E-state index contributed by atoms with van der Waals surface area (Å²) in [6.07, 6.45) is 5.59. The molecule has 3 nitrogen and oxygen atoms in total. The SMILES string of the molecule is C=CCN1C(=O)/C(=C/c2cccn2-c2ccc3ccccc3c2)SC1=S. The first-order chi connectivity index (χ1) is 12.7. The summed E-state index contributed by atoms with van der Waals surface area (Å²) in [5, 5.41) is 2.39. The standard InChI is InChI=1S/C21H16N2OS2/c1-2-11-23-20(24)19(26-21(23)25)14-17-8-5-12-22(17)18-10-9-15-6-3-4-7-16(15)13-18/h2-10,12-14H,1,11H2/b19-14-. The molecular formula is C21H16N2OS2. The van der Waals surface area contributed by atoms with Crippen molar-refractivity contribution in [3.63, 3.8) is 0 Å². The van der Waals surface area contributed by atoms with E-state index in [-0.39, 0.29) is 5.91 Å². The molecule has 0 bridgehead atoms. The lowest BCUT2D eigenvalue weighted by Crippen LogP contribution is -2.27. The largest absolute Gasteiger partial charge is 0.317 e. The minimum absolute atomic E-state index is 0.0637. The molecule has 1 aliphatic rings. The molecule has 0 spiro atoms. The predicted molar refractivity (Wildman–Crippen MR) is 113 cm³/mol. The van der Waals surface area contributed by atoms with Crippen LogP contribution in [-0.2, 0) is 4.79 Å². The van der Waals surface area contributed by atoms with Gasteiger partial charge in [0.2, 0.25) is 0 Å². The van der Waals surface area contributed by atoms with Crippen molar-refractivity contribution >= 4 is 51.1 Å². The number of thioether (sulfide) groups is 1. The number of carbonyl (C=O) groups is 1. The molecule has 1 aliphatic heterocycles. The fourth-order valence-electron chi connectivity index (χ4n) is 2.99. The number of benzene rings is 2. The number of amides is 1. The Labute approximate surface area is 161 Å². The molecule has 1 aromatic heterocycles. The van der Waals surface area contributed by atoms with Gasteiger partial charge in [-0.2, -0.15) is 0 Å². The van der Waals surface area contributed by atoms with E-state index in [1.807, 2.05) is 36.5 Å². The zero-order valence-electron chi connectivity index (χ0n) is 14.0. The zero-order valence-corrected chi connectivity index (χ0v) is 15.6. The second kappa shape index (κ2) is 6.94. The molecule has 0 aliphatic carbocycles. The molecule has 5 heteroatoms. The third-order valence-electron chi connectivity index (χ3n) is 4.26. The van der Waals surface area contributed by atoms with E-state index in [4.69, 9.17) is 12.2 Å². The van der Waals surface area contributed by atoms with Crippen LogP contribution in [0.1, 0.15) is 5.69 Å². The van der Waals surface area contributed by atoms with E-state index in [1.165, 1.54) is 22.5 Å². The number of aromatic nitrogens is 1. The van der Waals surface area contributed by atoms with Gasteiger partial charge >= 0.3 is 0 Å². The van der Waals surface area contributed by atoms with Crippen LogP contribution < -0.4 is 0 Å². The summed E-state index contributed by atoms with van der Waals surface area (Å²) in [5.41, 5.74) is 2.00. The maximum absolute atomic E-state index is 12.5. The molecule has 0 unspecified atom stereocenters. The summed E-state index contributed by atoms with van der Waals surface area (Å²) >= 11 is 6.64. The van der Waals surface area contributed by atoms with E-state index in [9.17, 15) is 4.79 Å². The molecule has 4 rings (SSSR count). The lowest BCUT2D eigenvalue weighted by molar-refractivity contribution is -0.121. The van der Waals surface area contributed by atoms with Gasteiger partial charge in [0.25, 0.3) is 5.91 Å². The molecule has 1 fully saturated rings. The Bertz CT molecular complexity index is 1060. The maximum Gasteiger partial charge on any atom is 0.266 e. The van der Waals surface area contributed by atoms with Gasteiger partial charge in [-0.3, -0.25) is 9.69 Å². The second-order valence-corrected chi connectivity index (χ2v) is 7.59. The highest BCUT2D eigenvalue weighted by Gasteiger charge is 2.31. The second-order valence-electron chi connectivity index (χ2n) is 5.92. The minimum atomic E-state index is -0.0637. The van der Waals surface area contributed by atoms with Crippen LogP contribution >= 0.6 is 24.0 Å². The molecule has 1 saturated heterocycles. The van der Waals surface area contributed by atoms with Crippen molar-refractivity contribution in [2.75, 3.05) is 6.54 Å². The Balaban J connectivity index is 1.72. The summed E-state index contributed by atoms with van der Waals surface area (Å²) < 4.78 is 2.65. The van der Waals surface area contributed by atoms with Gasteiger partial charge < -0.3 is 4.57 Å². The van der Waals surface area contributed by atoms with Crippen LogP contribution in [0.3, 0.4) is 0 Å². The first kappa shape index (κ1) is 16.8. The Morgan fingerprint density at radius 2 is 1.88 bits per heavy atom. The lowest BCUT2D eigenvalue weighted by atomic mass is 10.1. The van der Waals surface area contributed by atoms with E-state index in [2.05, 4.69) is 41.5 Å². The number of hydrogen-bond acceptors (Lipinski definition) is 3. The van der Waals surface area contributed by atoms with Crippen LogP contribution in [0.2, 0.25) is 0 Å². The van der Waals surface area contributed by atoms with Crippen LogP contribution in [0, 0.1) is 0 Å². The van der Waals surface area contributed by atoms with Crippen LogP contribution in [0.25, 0.3) is 22.5 Å². The van der Waals surface area contributed by atoms with Gasteiger partial charge in [-0.15, -0.1) is 6.58 Å². The molecular weight excluding hydrogens is 360 g/mol. The minimum Gasteiger partial charge on any atom is -0.317 e. The summed E-state index contributed by atoms with van der Waals surface area (Å²) in [6, 6.07) is 18.6. The van der Waals surface area contributed by atoms with Gasteiger partial charge in [0, 0.05) is 24.1 Å². The van der Waals surface area contributed by atoms with Crippen molar-refractivity contribution in [3.05, 3.63) is 84.0 Å². The van der Waals surface area contributed by atoms with Crippen LogP contribution in [0.5, 0.6) is 0 Å². The van der Waals surface area contributed by atoms with E-state index >= 15 is 0 Å². The van der Waals surface area contributed by atoms with E-state index < -0.39 is 0 Å². The summed E-state index contributed by atoms with van der Waals surface area (Å²) in [6.45, 7) is 4.12. The molecule has 26 heavy (non-hydrogen) atoms. The van der Waals surface area contributed by atoms with E-state index in [0.717, 1.165) is 11.4 Å². The zero-order chi connectivity index (χ0) is 18.1. The Morgan fingerprint density at radius 3 is 2.69 bits per heavy atom. The first-order valence-corrected chi connectivity index (χ1v) is 9.42. The van der Waals surface area contributed by atoms with Crippen molar-refractivity contribution in [2.45, 2.75) is 0 Å². The Kier molecular flexibility index (Phi) is 4.49. The lowest BCUT2D eigenvalue weighted by Gasteiger charge is -2.10. The molecule has 2 aromatic carbocycles. The highest BCUT2D eigenvalue weighted by molar-refractivity contribution is 8.26. The number of thiocarbonyl (C=S) groups is 1. The maximum atomic E-state index is 12.5. The van der Waals surface area contributed by atoms with Crippen LogP contribution in [0.4, 0.5) is 0 Å². The summed E-state index contributed by atoms with van der Waals surface area (Å²) in [7, 11) is 0. The average molecular weight is 377 g/mol. The monoisotopic (exact) mass is 376 g/mol. The highest BCUT2D eigenvalue weighted by Crippen LogP contribution is 2.33.